The maximum absolute atomic E-state index is 13.6. The fraction of sp³-hybridized carbons (Fsp3) is 0.118. The molecular weight excluding hydrogens is 343 g/mol. The Balaban J connectivity index is 2.11. The normalized spacial score (nSPS) is 11.3. The summed E-state index contributed by atoms with van der Waals surface area (Å²) in [4.78, 5) is 26.3. The van der Waals surface area contributed by atoms with E-state index in [2.05, 4.69) is 15.2 Å². The van der Waals surface area contributed by atoms with Gasteiger partial charge in [0.1, 0.15) is 11.5 Å². The summed E-state index contributed by atoms with van der Waals surface area (Å²) in [5.41, 5.74) is 1.47. The molecule has 0 saturated heterocycles. The van der Waals surface area contributed by atoms with Gasteiger partial charge in [0.05, 0.1) is 23.4 Å². The van der Waals surface area contributed by atoms with Crippen molar-refractivity contribution in [3.05, 3.63) is 59.2 Å². The molecule has 3 aromatic rings. The van der Waals surface area contributed by atoms with E-state index in [4.69, 9.17) is 10.2 Å². The molecule has 0 aliphatic rings. The zero-order chi connectivity index (χ0) is 18.8. The van der Waals surface area contributed by atoms with Gasteiger partial charge in [-0.05, 0) is 36.8 Å². The molecule has 2 N–H and O–H groups in total. The van der Waals surface area contributed by atoms with Gasteiger partial charge in [0.15, 0.2) is 5.82 Å². The van der Waals surface area contributed by atoms with Gasteiger partial charge in [-0.1, -0.05) is 6.07 Å². The van der Waals surface area contributed by atoms with Gasteiger partial charge in [-0.2, -0.15) is 0 Å². The molecule has 2 aromatic heterocycles. The minimum atomic E-state index is -1.12. The first-order valence-electron chi connectivity index (χ1n) is 7.49. The van der Waals surface area contributed by atoms with Gasteiger partial charge in [-0.25, -0.2) is 14.2 Å². The van der Waals surface area contributed by atoms with Crippen LogP contribution < -0.4 is 0 Å². The summed E-state index contributed by atoms with van der Waals surface area (Å²) < 4.78 is 14.9. The van der Waals surface area contributed by atoms with Crippen LogP contribution in [0.1, 0.15) is 21.6 Å². The molecule has 0 unspecified atom stereocenters. The third kappa shape index (κ3) is 3.41. The van der Waals surface area contributed by atoms with Crippen molar-refractivity contribution in [1.82, 2.24) is 9.38 Å². The number of azo groups is 1. The van der Waals surface area contributed by atoms with E-state index in [1.54, 1.807) is 13.0 Å². The van der Waals surface area contributed by atoms with Crippen LogP contribution in [0.25, 0.3) is 5.65 Å². The number of carbonyl (C=O) groups is 2. The van der Waals surface area contributed by atoms with Crippen LogP contribution in [0.4, 0.5) is 15.9 Å². The second-order valence-corrected chi connectivity index (χ2v) is 5.53. The van der Waals surface area contributed by atoms with Crippen LogP contribution in [0.5, 0.6) is 0 Å². The minimum absolute atomic E-state index is 0.0412. The maximum atomic E-state index is 13.6. The molecule has 0 aliphatic heterocycles. The fourth-order valence-corrected chi connectivity index (χ4v) is 2.37. The molecule has 0 saturated carbocycles. The van der Waals surface area contributed by atoms with Crippen molar-refractivity contribution in [3.63, 3.8) is 0 Å². The van der Waals surface area contributed by atoms with Crippen LogP contribution >= 0.6 is 0 Å². The summed E-state index contributed by atoms with van der Waals surface area (Å²) in [6.45, 7) is 1.73. The Bertz CT molecular complexity index is 1060. The number of hydrogen-bond donors (Lipinski definition) is 2. The smallest absolute Gasteiger partial charge is 0.335 e. The highest BCUT2D eigenvalue weighted by Gasteiger charge is 2.16. The number of pyridine rings is 1. The highest BCUT2D eigenvalue weighted by Crippen LogP contribution is 2.27. The first-order valence-corrected chi connectivity index (χ1v) is 7.49. The third-order valence-electron chi connectivity index (χ3n) is 3.65. The first-order chi connectivity index (χ1) is 12.3. The molecule has 1 aromatic carbocycles. The summed E-state index contributed by atoms with van der Waals surface area (Å²) in [5, 5.41) is 26.2. The highest BCUT2D eigenvalue weighted by atomic mass is 19.1. The Labute approximate surface area is 146 Å². The van der Waals surface area contributed by atoms with Gasteiger partial charge >= 0.3 is 11.9 Å². The predicted molar refractivity (Wildman–Crippen MR) is 88.8 cm³/mol. The number of hydrogen-bond acceptors (Lipinski definition) is 5. The van der Waals surface area contributed by atoms with Crippen molar-refractivity contribution >= 4 is 29.1 Å². The lowest BCUT2D eigenvalue weighted by Gasteiger charge is -2.02. The van der Waals surface area contributed by atoms with E-state index in [1.807, 2.05) is 0 Å². The summed E-state index contributed by atoms with van der Waals surface area (Å²) in [5.74, 6) is -2.70. The molecule has 0 spiro atoms. The summed E-state index contributed by atoms with van der Waals surface area (Å²) in [6, 6.07) is 6.98. The van der Waals surface area contributed by atoms with E-state index in [0.717, 1.165) is 6.20 Å². The summed E-state index contributed by atoms with van der Waals surface area (Å²) in [7, 11) is 0. The Morgan fingerprint density at radius 2 is 1.96 bits per heavy atom. The summed E-state index contributed by atoms with van der Waals surface area (Å²) >= 11 is 0. The Morgan fingerprint density at radius 3 is 2.65 bits per heavy atom. The van der Waals surface area contributed by atoms with Gasteiger partial charge in [-0.15, -0.1) is 10.2 Å². The van der Waals surface area contributed by atoms with Crippen molar-refractivity contribution < 1.29 is 24.2 Å². The van der Waals surface area contributed by atoms with Gasteiger partial charge in [-0.3, -0.25) is 9.20 Å². The second-order valence-electron chi connectivity index (χ2n) is 5.53. The average molecular weight is 356 g/mol. The number of aromatic nitrogens is 2. The van der Waals surface area contributed by atoms with E-state index in [1.165, 1.54) is 28.7 Å². The highest BCUT2D eigenvalue weighted by molar-refractivity contribution is 5.88. The molecule has 0 radical (unpaired) electrons. The van der Waals surface area contributed by atoms with Crippen molar-refractivity contribution in [1.29, 1.82) is 0 Å². The Hall–Kier alpha value is -3.62. The van der Waals surface area contributed by atoms with Gasteiger partial charge in [0.2, 0.25) is 0 Å². The molecule has 3 rings (SSSR count). The van der Waals surface area contributed by atoms with Crippen molar-refractivity contribution in [2.24, 2.45) is 10.2 Å². The number of aliphatic carboxylic acids is 1. The Kier molecular flexibility index (Phi) is 4.44. The number of rotatable bonds is 5. The van der Waals surface area contributed by atoms with Crippen LogP contribution in [-0.4, -0.2) is 31.5 Å². The molecule has 2 heterocycles. The van der Waals surface area contributed by atoms with Gasteiger partial charge < -0.3 is 10.2 Å². The van der Waals surface area contributed by atoms with Gasteiger partial charge in [0, 0.05) is 6.20 Å². The molecule has 26 heavy (non-hydrogen) atoms. The van der Waals surface area contributed by atoms with Crippen molar-refractivity contribution in [2.45, 2.75) is 13.3 Å². The standard InChI is InChI=1S/C17H13FN4O4/c1-9-2-3-10(17(25)26)6-12(9)20-21-16-13(7-15(23)24)19-14-5-4-11(18)8-22(14)16/h2-6,8H,7H2,1H3,(H,23,24)(H,25,26). The number of aromatic carboxylic acids is 1. The number of fused-ring (bicyclic) bond motifs is 1. The van der Waals surface area contributed by atoms with Crippen molar-refractivity contribution in [3.8, 4) is 0 Å². The summed E-state index contributed by atoms with van der Waals surface area (Å²) in [6.07, 6.45) is 0.717. The molecule has 132 valence electrons. The van der Waals surface area contributed by atoms with E-state index in [-0.39, 0.29) is 17.1 Å². The van der Waals surface area contributed by atoms with Crippen LogP contribution in [0, 0.1) is 12.7 Å². The first kappa shape index (κ1) is 17.2. The second kappa shape index (κ2) is 6.71. The lowest BCUT2D eigenvalue weighted by atomic mass is 10.1. The largest absolute Gasteiger partial charge is 0.481 e. The molecule has 0 atom stereocenters. The number of carboxylic acids is 2. The SMILES string of the molecule is Cc1ccc(C(=O)O)cc1N=Nc1c(CC(=O)O)nc2ccc(F)cn12. The zero-order valence-electron chi connectivity index (χ0n) is 13.5. The lowest BCUT2D eigenvalue weighted by Crippen LogP contribution is -2.00. The van der Waals surface area contributed by atoms with Crippen LogP contribution in [-0.2, 0) is 11.2 Å². The quantitative estimate of drug-likeness (QED) is 0.678. The number of halogens is 1. The molecule has 0 aliphatic carbocycles. The number of carboxylic acid groups (broad SMARTS) is 2. The number of aryl methyl sites for hydroxylation is 1. The third-order valence-corrected chi connectivity index (χ3v) is 3.65. The lowest BCUT2D eigenvalue weighted by molar-refractivity contribution is -0.136. The van der Waals surface area contributed by atoms with E-state index in [9.17, 15) is 14.0 Å². The molecule has 8 nitrogen and oxygen atoms in total. The number of imidazole rings is 1. The van der Waals surface area contributed by atoms with Gasteiger partial charge in [0.25, 0.3) is 0 Å². The molecule has 0 fully saturated rings. The van der Waals surface area contributed by atoms with E-state index in [0.29, 0.717) is 16.9 Å². The van der Waals surface area contributed by atoms with Crippen LogP contribution in [0.3, 0.4) is 0 Å². The maximum Gasteiger partial charge on any atom is 0.335 e. The Morgan fingerprint density at radius 1 is 1.19 bits per heavy atom. The van der Waals surface area contributed by atoms with E-state index >= 15 is 0 Å². The molecular formula is C17H13FN4O4. The van der Waals surface area contributed by atoms with Crippen LogP contribution in [0.15, 0.2) is 46.8 Å². The molecule has 0 amide bonds. The fourth-order valence-electron chi connectivity index (χ4n) is 2.37. The number of benzene rings is 1. The monoisotopic (exact) mass is 356 g/mol. The van der Waals surface area contributed by atoms with E-state index < -0.39 is 24.2 Å². The van der Waals surface area contributed by atoms with Crippen LogP contribution in [0.2, 0.25) is 0 Å². The number of nitrogens with zero attached hydrogens (tertiary/aromatic N) is 4. The molecule has 9 heteroatoms. The predicted octanol–water partition coefficient (Wildman–Crippen LogP) is 3.52. The van der Waals surface area contributed by atoms with Crippen molar-refractivity contribution in [2.75, 3.05) is 0 Å². The average Bonchev–Trinajstić information content (AvgIpc) is 2.89. The topological polar surface area (TPSA) is 117 Å². The minimum Gasteiger partial charge on any atom is -0.481 e. The zero-order valence-corrected chi connectivity index (χ0v) is 13.5. The molecule has 0 bridgehead atoms.